The van der Waals surface area contributed by atoms with Crippen LogP contribution in [0.5, 0.6) is 11.5 Å². The molecule has 1 heterocycles. The van der Waals surface area contributed by atoms with Crippen LogP contribution >= 0.6 is 11.8 Å². The molecule has 7 aromatic carbocycles. The highest BCUT2D eigenvalue weighted by atomic mass is 32.2. The third kappa shape index (κ3) is 4.73. The van der Waals surface area contributed by atoms with Crippen LogP contribution in [0.3, 0.4) is 0 Å². The van der Waals surface area contributed by atoms with Crippen molar-refractivity contribution in [1.29, 1.82) is 0 Å². The van der Waals surface area contributed by atoms with Crippen molar-refractivity contribution in [2.75, 3.05) is 4.90 Å². The summed E-state index contributed by atoms with van der Waals surface area (Å²) in [6, 6.07) is 51.0. The predicted octanol–water partition coefficient (Wildman–Crippen LogP) is 8.10. The summed E-state index contributed by atoms with van der Waals surface area (Å²) in [5.41, 5.74) is 10.1. The number of rotatable bonds is 5. The molecule has 2 N–H and O–H groups in total. The monoisotopic (exact) mass is 695 g/mol. The fourth-order valence-corrected chi connectivity index (χ4v) is 10.1. The van der Waals surface area contributed by atoms with Crippen molar-refractivity contribution >= 4 is 68.8 Å². The van der Waals surface area contributed by atoms with Crippen molar-refractivity contribution in [2.24, 2.45) is 0 Å². The van der Waals surface area contributed by atoms with E-state index in [4.69, 9.17) is 23.5 Å². The number of aromatic hydroxyl groups is 2. The molecule has 6 radical (unpaired) electrons. The first kappa shape index (κ1) is 33.3. The Hall–Kier alpha value is -5.52. The molecule has 0 atom stereocenters. The van der Waals surface area contributed by atoms with Crippen molar-refractivity contribution in [3.05, 3.63) is 179 Å². The van der Waals surface area contributed by atoms with Gasteiger partial charge in [-0.15, -0.1) is 5.46 Å². The molecule has 1 aliphatic heterocycles. The third-order valence-electron chi connectivity index (χ3n) is 11.2. The molecular formula is C46H32B3NO2S. The predicted molar refractivity (Wildman–Crippen MR) is 221 cm³/mol. The quantitative estimate of drug-likeness (QED) is 0.141. The van der Waals surface area contributed by atoms with E-state index < -0.39 is 16.9 Å². The van der Waals surface area contributed by atoms with Gasteiger partial charge in [0, 0.05) is 20.9 Å². The second kappa shape index (κ2) is 12.3. The van der Waals surface area contributed by atoms with Gasteiger partial charge in [0.05, 0.1) is 16.8 Å². The van der Waals surface area contributed by atoms with Gasteiger partial charge in [-0.3, -0.25) is 0 Å². The fourth-order valence-electron chi connectivity index (χ4n) is 8.58. The molecule has 248 valence electrons. The van der Waals surface area contributed by atoms with Crippen molar-refractivity contribution in [1.82, 2.24) is 0 Å². The van der Waals surface area contributed by atoms with E-state index in [1.807, 2.05) is 23.1 Å². The molecule has 1 aliphatic carbocycles. The molecule has 2 aliphatic rings. The maximum atomic E-state index is 11.7. The maximum Gasteiger partial charge on any atom is 0.180 e. The highest BCUT2D eigenvalue weighted by Crippen LogP contribution is 2.57. The largest absolute Gasteiger partial charge is 0.505 e. The summed E-state index contributed by atoms with van der Waals surface area (Å²) < 4.78 is 0. The lowest BCUT2D eigenvalue weighted by Gasteiger charge is -2.38. The Kier molecular flexibility index (Phi) is 7.72. The number of fused-ring (bicyclic) bond motifs is 5. The lowest BCUT2D eigenvalue weighted by molar-refractivity contribution is 0.408. The molecule has 0 aromatic heterocycles. The van der Waals surface area contributed by atoms with Gasteiger partial charge in [-0.2, -0.15) is 0 Å². The first-order valence-electron chi connectivity index (χ1n) is 17.6. The van der Waals surface area contributed by atoms with Crippen LogP contribution in [0.1, 0.15) is 47.2 Å². The van der Waals surface area contributed by atoms with Crippen LogP contribution in [0.25, 0.3) is 11.1 Å². The van der Waals surface area contributed by atoms with Gasteiger partial charge in [0.15, 0.2) is 11.5 Å². The van der Waals surface area contributed by atoms with Gasteiger partial charge in [-0.05, 0) is 68.8 Å². The summed E-state index contributed by atoms with van der Waals surface area (Å²) in [7, 11) is 19.3. The molecular weight excluding hydrogens is 663 g/mol. The molecule has 0 spiro atoms. The van der Waals surface area contributed by atoms with Gasteiger partial charge in [-0.25, -0.2) is 0 Å². The van der Waals surface area contributed by atoms with Crippen LogP contribution in [0.15, 0.2) is 155 Å². The van der Waals surface area contributed by atoms with Gasteiger partial charge < -0.3 is 15.1 Å². The van der Waals surface area contributed by atoms with Gasteiger partial charge in [-0.1, -0.05) is 158 Å². The Labute approximate surface area is 318 Å². The zero-order valence-electron chi connectivity index (χ0n) is 29.3. The fraction of sp³-hybridized carbons (Fsp3) is 0.0870. The zero-order chi connectivity index (χ0) is 36.6. The molecule has 3 nitrogen and oxygen atoms in total. The van der Waals surface area contributed by atoms with Crippen LogP contribution in [0.4, 0.5) is 17.1 Å². The number of anilines is 3. The molecule has 7 aromatic rings. The summed E-state index contributed by atoms with van der Waals surface area (Å²) >= 11 is 1.67. The van der Waals surface area contributed by atoms with E-state index in [9.17, 15) is 10.2 Å². The van der Waals surface area contributed by atoms with Crippen molar-refractivity contribution in [3.63, 3.8) is 0 Å². The Morgan fingerprint density at radius 2 is 1.06 bits per heavy atom. The van der Waals surface area contributed by atoms with E-state index in [0.29, 0.717) is 5.69 Å². The number of phenols is 2. The smallest absolute Gasteiger partial charge is 0.180 e. The van der Waals surface area contributed by atoms with E-state index in [1.165, 1.54) is 27.8 Å². The van der Waals surface area contributed by atoms with E-state index in [0.717, 1.165) is 32.2 Å². The van der Waals surface area contributed by atoms with Crippen molar-refractivity contribution in [2.45, 2.75) is 34.5 Å². The molecule has 9 rings (SSSR count). The lowest BCUT2D eigenvalue weighted by Crippen LogP contribution is -2.41. The second-order valence-corrected chi connectivity index (χ2v) is 15.3. The SMILES string of the molecule is [B]c1c([B])c(O)c(O)c(N(c2ccc(C3(c4ccccc4)c4ccccc4-c4ccccc43)cc2)c2cccc3c2Sc2ccccc2C3(C)C)c1[B]. The molecule has 7 heteroatoms. The minimum Gasteiger partial charge on any atom is -0.505 e. The Bertz CT molecular complexity index is 2510. The lowest BCUT2D eigenvalue weighted by atomic mass is 9.67. The summed E-state index contributed by atoms with van der Waals surface area (Å²) in [6.45, 7) is 4.46. The van der Waals surface area contributed by atoms with E-state index in [1.54, 1.807) is 11.8 Å². The number of nitrogens with zero attached hydrogens (tertiary/aromatic N) is 1. The van der Waals surface area contributed by atoms with Gasteiger partial charge in [0.25, 0.3) is 0 Å². The third-order valence-corrected chi connectivity index (χ3v) is 12.4. The Morgan fingerprint density at radius 1 is 0.509 bits per heavy atom. The molecule has 0 saturated carbocycles. The molecule has 0 amide bonds. The average Bonchev–Trinajstić information content (AvgIpc) is 3.50. The van der Waals surface area contributed by atoms with Crippen molar-refractivity contribution < 1.29 is 10.2 Å². The average molecular weight is 695 g/mol. The molecule has 53 heavy (non-hydrogen) atoms. The summed E-state index contributed by atoms with van der Waals surface area (Å²) in [4.78, 5) is 4.05. The summed E-state index contributed by atoms with van der Waals surface area (Å²) in [6.07, 6.45) is 0. The second-order valence-electron chi connectivity index (χ2n) is 14.3. The van der Waals surface area contributed by atoms with E-state index in [-0.39, 0.29) is 27.5 Å². The maximum absolute atomic E-state index is 11.7. The number of hydrogen-bond donors (Lipinski definition) is 2. The number of phenolic OH excluding ortho intramolecular Hbond substituents is 2. The zero-order valence-corrected chi connectivity index (χ0v) is 30.2. The minimum atomic E-state index is -0.585. The van der Waals surface area contributed by atoms with Gasteiger partial charge in [0.2, 0.25) is 0 Å². The van der Waals surface area contributed by atoms with Crippen LogP contribution in [-0.4, -0.2) is 33.8 Å². The normalized spacial score (nSPS) is 14.5. The molecule has 0 unspecified atom stereocenters. The van der Waals surface area contributed by atoms with Crippen molar-refractivity contribution in [3.8, 4) is 22.6 Å². The topological polar surface area (TPSA) is 43.7 Å². The molecule has 0 fully saturated rings. The highest BCUT2D eigenvalue weighted by molar-refractivity contribution is 7.99. The van der Waals surface area contributed by atoms with Crippen LogP contribution in [0.2, 0.25) is 0 Å². The Balaban J connectivity index is 1.30. The first-order valence-corrected chi connectivity index (χ1v) is 18.4. The van der Waals surface area contributed by atoms with Gasteiger partial charge in [0.1, 0.15) is 23.5 Å². The molecule has 0 saturated heterocycles. The Morgan fingerprint density at radius 3 is 1.72 bits per heavy atom. The number of benzene rings is 7. The van der Waals surface area contributed by atoms with Crippen LogP contribution in [0, 0.1) is 0 Å². The number of hydrogen-bond acceptors (Lipinski definition) is 4. The first-order chi connectivity index (χ1) is 25.7. The summed E-state index contributed by atoms with van der Waals surface area (Å²) in [5.74, 6) is -0.964. The molecule has 0 bridgehead atoms. The van der Waals surface area contributed by atoms with Crippen LogP contribution < -0.4 is 21.3 Å². The van der Waals surface area contributed by atoms with E-state index in [2.05, 4.69) is 141 Å². The van der Waals surface area contributed by atoms with E-state index >= 15 is 0 Å². The van der Waals surface area contributed by atoms with Crippen LogP contribution in [-0.2, 0) is 10.8 Å². The minimum absolute atomic E-state index is 0.00208. The van der Waals surface area contributed by atoms with Gasteiger partial charge >= 0.3 is 0 Å². The standard InChI is InChI=1S/C46H32B3NO2S/c1-45(2)34-19-10-11-22-37(34)53-44-35(45)20-12-21-36(44)50(41-39(48)38(47)40(49)42(51)43(41)52)29-25-23-28(24-26-29)46(27-13-4-3-5-14-27)32-17-8-6-15-30(32)31-16-7-9-18-33(31)46/h3-26,51-52H,1-2H3. The summed E-state index contributed by atoms with van der Waals surface area (Å²) in [5, 5.41) is 22.7. The highest BCUT2D eigenvalue weighted by Gasteiger charge is 2.46.